The van der Waals surface area contributed by atoms with E-state index in [-0.39, 0.29) is 5.75 Å². The summed E-state index contributed by atoms with van der Waals surface area (Å²) in [5, 5.41) is 9.96. The van der Waals surface area contributed by atoms with Crippen LogP contribution in [0.1, 0.15) is 25.1 Å². The highest BCUT2D eigenvalue weighted by molar-refractivity contribution is 5.43. The van der Waals surface area contributed by atoms with Gasteiger partial charge in [0.05, 0.1) is 5.69 Å². The van der Waals surface area contributed by atoms with Crippen molar-refractivity contribution in [3.8, 4) is 29.0 Å². The van der Waals surface area contributed by atoms with Gasteiger partial charge in [-0.1, -0.05) is 50.2 Å². The van der Waals surface area contributed by atoms with E-state index in [4.69, 9.17) is 9.47 Å². The minimum atomic E-state index is -0.401. The molecule has 2 aromatic carbocycles. The first-order valence-electron chi connectivity index (χ1n) is 9.65. The standard InChI is InChI=1S/C25H22N2O3/c1-25(2,18-9-7-10-19(17-18)29-23-14-5-6-16-26-23)22-13-8-15-24(27-22)30-21-12-4-3-11-20(21)28/h3-17,28H,1-2H3. The van der Waals surface area contributed by atoms with Gasteiger partial charge < -0.3 is 14.6 Å². The Morgan fingerprint density at radius 2 is 1.53 bits per heavy atom. The third kappa shape index (κ3) is 4.25. The fourth-order valence-electron chi connectivity index (χ4n) is 3.10. The van der Waals surface area contributed by atoms with Gasteiger partial charge in [0.2, 0.25) is 11.8 Å². The highest BCUT2D eigenvalue weighted by Crippen LogP contribution is 2.35. The number of hydrogen-bond acceptors (Lipinski definition) is 5. The highest BCUT2D eigenvalue weighted by atomic mass is 16.5. The number of pyridine rings is 2. The first kappa shape index (κ1) is 19.5. The van der Waals surface area contributed by atoms with Crippen molar-refractivity contribution in [3.63, 3.8) is 0 Å². The van der Waals surface area contributed by atoms with Crippen molar-refractivity contribution in [2.75, 3.05) is 0 Å². The minimum Gasteiger partial charge on any atom is -0.504 e. The van der Waals surface area contributed by atoms with Gasteiger partial charge in [0.15, 0.2) is 11.5 Å². The van der Waals surface area contributed by atoms with E-state index in [1.807, 2.05) is 54.6 Å². The molecule has 150 valence electrons. The summed E-state index contributed by atoms with van der Waals surface area (Å²) < 4.78 is 11.7. The fraction of sp³-hybridized carbons (Fsp3) is 0.120. The second-order valence-corrected chi connectivity index (χ2v) is 7.35. The second-order valence-electron chi connectivity index (χ2n) is 7.35. The Morgan fingerprint density at radius 3 is 2.33 bits per heavy atom. The summed E-state index contributed by atoms with van der Waals surface area (Å²) in [6.07, 6.45) is 1.70. The molecule has 4 aromatic rings. The van der Waals surface area contributed by atoms with Gasteiger partial charge in [-0.25, -0.2) is 9.97 Å². The van der Waals surface area contributed by atoms with Crippen molar-refractivity contribution in [3.05, 3.63) is 102 Å². The maximum atomic E-state index is 9.96. The van der Waals surface area contributed by atoms with Crippen LogP contribution in [0.15, 0.2) is 91.1 Å². The molecule has 5 nitrogen and oxygen atoms in total. The van der Waals surface area contributed by atoms with Crippen LogP contribution in [0.5, 0.6) is 29.0 Å². The SMILES string of the molecule is CC(C)(c1cccc(Oc2ccccn2)c1)c1cccc(Oc2ccccc2O)n1. The number of benzene rings is 2. The molecule has 0 radical (unpaired) electrons. The summed E-state index contributed by atoms with van der Waals surface area (Å²) >= 11 is 0. The molecule has 0 aliphatic rings. The number of phenolic OH excluding ortho intramolecular Hbond substituents is 1. The van der Waals surface area contributed by atoms with E-state index < -0.39 is 5.41 Å². The summed E-state index contributed by atoms with van der Waals surface area (Å²) in [7, 11) is 0. The van der Waals surface area contributed by atoms with E-state index in [9.17, 15) is 5.11 Å². The number of para-hydroxylation sites is 2. The molecule has 0 atom stereocenters. The van der Waals surface area contributed by atoms with Crippen molar-refractivity contribution in [1.82, 2.24) is 9.97 Å². The van der Waals surface area contributed by atoms with Gasteiger partial charge in [0.25, 0.3) is 0 Å². The maximum absolute atomic E-state index is 9.96. The van der Waals surface area contributed by atoms with Crippen molar-refractivity contribution in [2.45, 2.75) is 19.3 Å². The van der Waals surface area contributed by atoms with E-state index >= 15 is 0 Å². The number of hydrogen-bond donors (Lipinski definition) is 1. The van der Waals surface area contributed by atoms with Gasteiger partial charge in [0, 0.05) is 23.7 Å². The summed E-state index contributed by atoms with van der Waals surface area (Å²) in [5.41, 5.74) is 1.48. The van der Waals surface area contributed by atoms with E-state index in [2.05, 4.69) is 23.8 Å². The number of aromatic hydroxyl groups is 1. The quantitative estimate of drug-likeness (QED) is 0.426. The van der Waals surface area contributed by atoms with Crippen LogP contribution in [0.4, 0.5) is 0 Å². The zero-order chi connectivity index (χ0) is 21.0. The normalized spacial score (nSPS) is 11.1. The third-order valence-electron chi connectivity index (χ3n) is 4.86. The molecule has 0 saturated carbocycles. The predicted octanol–water partition coefficient (Wildman–Crippen LogP) is 6.09. The average Bonchev–Trinajstić information content (AvgIpc) is 2.76. The molecule has 0 unspecified atom stereocenters. The van der Waals surface area contributed by atoms with Crippen molar-refractivity contribution < 1.29 is 14.6 Å². The van der Waals surface area contributed by atoms with E-state index in [0.717, 1.165) is 11.3 Å². The number of phenols is 1. The molecule has 0 spiro atoms. The number of aromatic nitrogens is 2. The van der Waals surface area contributed by atoms with Crippen LogP contribution < -0.4 is 9.47 Å². The molecule has 0 aliphatic heterocycles. The van der Waals surface area contributed by atoms with Crippen LogP contribution in [0.25, 0.3) is 0 Å². The largest absolute Gasteiger partial charge is 0.504 e. The monoisotopic (exact) mass is 398 g/mol. The van der Waals surface area contributed by atoms with E-state index in [1.54, 1.807) is 36.5 Å². The van der Waals surface area contributed by atoms with Gasteiger partial charge in [-0.2, -0.15) is 0 Å². The molecule has 5 heteroatoms. The number of rotatable bonds is 6. The molecule has 2 aromatic heterocycles. The van der Waals surface area contributed by atoms with Crippen LogP contribution in [0.3, 0.4) is 0 Å². The molecule has 1 N–H and O–H groups in total. The lowest BCUT2D eigenvalue weighted by Crippen LogP contribution is -2.20. The summed E-state index contributed by atoms with van der Waals surface area (Å²) in [6, 6.07) is 25.9. The number of nitrogens with zero attached hydrogens (tertiary/aromatic N) is 2. The van der Waals surface area contributed by atoms with Crippen molar-refractivity contribution in [1.29, 1.82) is 0 Å². The predicted molar refractivity (Wildman–Crippen MR) is 115 cm³/mol. The molecule has 0 saturated heterocycles. The highest BCUT2D eigenvalue weighted by Gasteiger charge is 2.26. The Labute approximate surface area is 175 Å². The molecule has 0 bridgehead atoms. The first-order valence-corrected chi connectivity index (χ1v) is 9.65. The third-order valence-corrected chi connectivity index (χ3v) is 4.86. The van der Waals surface area contributed by atoms with Gasteiger partial charge in [-0.15, -0.1) is 0 Å². The topological polar surface area (TPSA) is 64.5 Å². The van der Waals surface area contributed by atoms with Gasteiger partial charge in [-0.05, 0) is 42.0 Å². The molecule has 30 heavy (non-hydrogen) atoms. The van der Waals surface area contributed by atoms with Crippen LogP contribution in [0.2, 0.25) is 0 Å². The molecule has 4 rings (SSSR count). The van der Waals surface area contributed by atoms with Gasteiger partial charge in [0.1, 0.15) is 5.75 Å². The molecule has 0 fully saturated rings. The molecule has 0 aliphatic carbocycles. The van der Waals surface area contributed by atoms with E-state index in [1.165, 1.54) is 0 Å². The van der Waals surface area contributed by atoms with Crippen LogP contribution >= 0.6 is 0 Å². The zero-order valence-corrected chi connectivity index (χ0v) is 16.8. The molecule has 2 heterocycles. The van der Waals surface area contributed by atoms with Gasteiger partial charge >= 0.3 is 0 Å². The summed E-state index contributed by atoms with van der Waals surface area (Å²) in [4.78, 5) is 8.90. The van der Waals surface area contributed by atoms with E-state index in [0.29, 0.717) is 23.3 Å². The van der Waals surface area contributed by atoms with Crippen LogP contribution in [-0.2, 0) is 5.41 Å². The lowest BCUT2D eigenvalue weighted by molar-refractivity contribution is 0.400. The Balaban J connectivity index is 1.60. The van der Waals surface area contributed by atoms with Crippen LogP contribution in [-0.4, -0.2) is 15.1 Å². The minimum absolute atomic E-state index is 0.0725. The smallest absolute Gasteiger partial charge is 0.219 e. The first-order chi connectivity index (χ1) is 14.5. The summed E-state index contributed by atoms with van der Waals surface area (Å²) in [5.74, 6) is 2.11. The Hall–Kier alpha value is -3.86. The lowest BCUT2D eigenvalue weighted by atomic mass is 9.81. The second kappa shape index (κ2) is 8.25. The fourth-order valence-corrected chi connectivity index (χ4v) is 3.10. The molecular formula is C25H22N2O3. The average molecular weight is 398 g/mol. The lowest BCUT2D eigenvalue weighted by Gasteiger charge is -2.25. The maximum Gasteiger partial charge on any atom is 0.219 e. The number of ether oxygens (including phenoxy) is 2. The Morgan fingerprint density at radius 1 is 0.767 bits per heavy atom. The van der Waals surface area contributed by atoms with Crippen LogP contribution in [0, 0.1) is 0 Å². The molecule has 0 amide bonds. The summed E-state index contributed by atoms with van der Waals surface area (Å²) in [6.45, 7) is 4.19. The molecular weight excluding hydrogens is 376 g/mol. The van der Waals surface area contributed by atoms with Crippen molar-refractivity contribution >= 4 is 0 Å². The zero-order valence-electron chi connectivity index (χ0n) is 16.8. The van der Waals surface area contributed by atoms with Gasteiger partial charge in [-0.3, -0.25) is 0 Å². The Bertz CT molecular complexity index is 1140. The Kier molecular flexibility index (Phi) is 5.35. The van der Waals surface area contributed by atoms with Crippen molar-refractivity contribution in [2.24, 2.45) is 0 Å².